The number of halogens is 1. The second kappa shape index (κ2) is 10.1. The molecule has 5 rings (SSSR count). The number of ether oxygens (including phenoxy) is 1. The predicted octanol–water partition coefficient (Wildman–Crippen LogP) is 5.81. The van der Waals surface area contributed by atoms with Gasteiger partial charge in [0.2, 0.25) is 0 Å². The van der Waals surface area contributed by atoms with E-state index in [1.165, 1.54) is 6.07 Å². The van der Waals surface area contributed by atoms with Gasteiger partial charge in [0.25, 0.3) is 5.91 Å². The number of aromatic nitrogens is 3. The SMILES string of the molecule is CCOC(=O)C1C(c2ccc(-c3cc4nc(C(=O)N5CCCCC[C@H]5C)cc(CC)n4n3)c(F)c2)C1(C)C. The fraction of sp³-hybridized carbons (Fsp3) is 0.533. The van der Waals surface area contributed by atoms with Crippen LogP contribution >= 0.6 is 0 Å². The zero-order chi connectivity index (χ0) is 27.2. The summed E-state index contributed by atoms with van der Waals surface area (Å²) in [5.41, 5.74) is 3.11. The molecule has 0 N–H and O–H groups in total. The van der Waals surface area contributed by atoms with Crippen LogP contribution < -0.4 is 0 Å². The molecule has 202 valence electrons. The van der Waals surface area contributed by atoms with Gasteiger partial charge in [0.1, 0.15) is 11.5 Å². The van der Waals surface area contributed by atoms with E-state index in [9.17, 15) is 9.59 Å². The largest absolute Gasteiger partial charge is 0.466 e. The number of rotatable bonds is 6. The Bertz CT molecular complexity index is 1380. The third kappa shape index (κ3) is 4.58. The number of fused-ring (bicyclic) bond motifs is 1. The van der Waals surface area contributed by atoms with E-state index in [0.717, 1.165) is 43.5 Å². The minimum absolute atomic E-state index is 0.0573. The van der Waals surface area contributed by atoms with E-state index in [2.05, 4.69) is 17.0 Å². The highest BCUT2D eigenvalue weighted by molar-refractivity contribution is 5.93. The summed E-state index contributed by atoms with van der Waals surface area (Å²) in [7, 11) is 0. The van der Waals surface area contributed by atoms with E-state index in [-0.39, 0.29) is 35.2 Å². The minimum Gasteiger partial charge on any atom is -0.466 e. The average molecular weight is 521 g/mol. The van der Waals surface area contributed by atoms with Gasteiger partial charge >= 0.3 is 5.97 Å². The Hall–Kier alpha value is -3.29. The van der Waals surface area contributed by atoms with Gasteiger partial charge in [0.15, 0.2) is 5.65 Å². The van der Waals surface area contributed by atoms with Crippen LogP contribution in [0.4, 0.5) is 4.39 Å². The van der Waals surface area contributed by atoms with Crippen molar-refractivity contribution < 1.29 is 18.7 Å². The van der Waals surface area contributed by atoms with E-state index in [4.69, 9.17) is 4.74 Å². The number of esters is 1. The first-order valence-corrected chi connectivity index (χ1v) is 13.8. The van der Waals surface area contributed by atoms with Gasteiger partial charge in [0.05, 0.1) is 18.2 Å². The number of carbonyl (C=O) groups is 2. The number of amides is 1. The molecule has 7 nitrogen and oxygen atoms in total. The first-order valence-electron chi connectivity index (χ1n) is 13.8. The Morgan fingerprint density at radius 1 is 1.13 bits per heavy atom. The van der Waals surface area contributed by atoms with E-state index in [1.807, 2.05) is 37.8 Å². The lowest BCUT2D eigenvalue weighted by atomic mass is 10.0. The van der Waals surface area contributed by atoms with Crippen molar-refractivity contribution in [3.05, 3.63) is 53.1 Å². The summed E-state index contributed by atoms with van der Waals surface area (Å²) in [6.45, 7) is 11.0. The van der Waals surface area contributed by atoms with Crippen LogP contribution in [0.3, 0.4) is 0 Å². The Kier molecular flexibility index (Phi) is 7.01. The van der Waals surface area contributed by atoms with Crippen molar-refractivity contribution in [2.24, 2.45) is 11.3 Å². The molecule has 0 radical (unpaired) electrons. The van der Waals surface area contributed by atoms with Crippen molar-refractivity contribution in [3.63, 3.8) is 0 Å². The van der Waals surface area contributed by atoms with E-state index in [1.54, 1.807) is 23.6 Å². The fourth-order valence-corrected chi connectivity index (χ4v) is 6.12. The van der Waals surface area contributed by atoms with Gasteiger partial charge in [-0.05, 0) is 62.3 Å². The van der Waals surface area contributed by atoms with Crippen molar-refractivity contribution in [1.29, 1.82) is 0 Å². The summed E-state index contributed by atoms with van der Waals surface area (Å²) in [5.74, 6) is -1.05. The standard InChI is InChI=1S/C30H37FN4O3/c1-6-20-16-24(28(36)34-14-10-8-9-11-18(34)3)32-25-17-23(33-35(20)25)21-13-12-19(15-22(21)31)26-27(30(26,4)5)29(37)38-7-2/h12-13,15-18,26-27H,6-11,14H2,1-5H3/t18-,26?,27?/m1/s1. The fourth-order valence-electron chi connectivity index (χ4n) is 6.12. The van der Waals surface area contributed by atoms with E-state index >= 15 is 4.39 Å². The average Bonchev–Trinajstić information content (AvgIpc) is 3.33. The molecule has 38 heavy (non-hydrogen) atoms. The van der Waals surface area contributed by atoms with Crippen LogP contribution in [0.5, 0.6) is 0 Å². The van der Waals surface area contributed by atoms with Gasteiger partial charge in [-0.2, -0.15) is 5.10 Å². The maximum atomic E-state index is 15.4. The van der Waals surface area contributed by atoms with Crippen LogP contribution in [0.2, 0.25) is 0 Å². The minimum atomic E-state index is -0.399. The first-order chi connectivity index (χ1) is 18.2. The number of aryl methyl sites for hydroxylation is 1. The zero-order valence-electron chi connectivity index (χ0n) is 23.0. The normalized spacial score (nSPS) is 22.8. The molecule has 1 amide bonds. The number of likely N-dealkylation sites (tertiary alicyclic amines) is 1. The van der Waals surface area contributed by atoms with Gasteiger partial charge in [-0.15, -0.1) is 0 Å². The number of nitrogens with zero attached hydrogens (tertiary/aromatic N) is 4. The van der Waals surface area contributed by atoms with Crippen molar-refractivity contribution in [2.75, 3.05) is 13.2 Å². The van der Waals surface area contributed by atoms with Crippen LogP contribution in [0, 0.1) is 17.2 Å². The first kappa shape index (κ1) is 26.3. The third-order valence-electron chi connectivity index (χ3n) is 8.39. The van der Waals surface area contributed by atoms with Crippen molar-refractivity contribution in [3.8, 4) is 11.3 Å². The summed E-state index contributed by atoms with van der Waals surface area (Å²) in [4.78, 5) is 32.4. The second-order valence-electron chi connectivity index (χ2n) is 11.3. The molecule has 3 heterocycles. The van der Waals surface area contributed by atoms with Gasteiger partial charge in [-0.1, -0.05) is 39.7 Å². The number of hydrogen-bond donors (Lipinski definition) is 0. The Balaban J connectivity index is 1.45. The summed E-state index contributed by atoms with van der Waals surface area (Å²) in [5, 5.41) is 4.66. The summed E-state index contributed by atoms with van der Waals surface area (Å²) in [6, 6.07) is 8.84. The molecule has 2 aromatic heterocycles. The van der Waals surface area contributed by atoms with Crippen LogP contribution in [0.15, 0.2) is 30.3 Å². The van der Waals surface area contributed by atoms with E-state index < -0.39 is 5.82 Å². The molecular formula is C30H37FN4O3. The highest BCUT2D eigenvalue weighted by atomic mass is 19.1. The quantitative estimate of drug-likeness (QED) is 0.384. The second-order valence-corrected chi connectivity index (χ2v) is 11.3. The van der Waals surface area contributed by atoms with Gasteiger partial charge in [-0.3, -0.25) is 9.59 Å². The van der Waals surface area contributed by atoms with E-state index in [0.29, 0.717) is 35.6 Å². The molecule has 1 saturated heterocycles. The monoisotopic (exact) mass is 520 g/mol. The molecule has 0 spiro atoms. The lowest BCUT2D eigenvalue weighted by Gasteiger charge is -2.27. The maximum absolute atomic E-state index is 15.4. The Labute approximate surface area is 223 Å². The molecule has 8 heteroatoms. The van der Waals surface area contributed by atoms with Gasteiger partial charge in [0, 0.05) is 35.8 Å². The molecule has 3 atom stereocenters. The van der Waals surface area contributed by atoms with Crippen LogP contribution in [0.1, 0.15) is 88.0 Å². The molecule has 0 bridgehead atoms. The summed E-state index contributed by atoms with van der Waals surface area (Å²) < 4.78 is 22.4. The van der Waals surface area contributed by atoms with Crippen molar-refractivity contribution in [1.82, 2.24) is 19.5 Å². The highest BCUT2D eigenvalue weighted by Gasteiger charge is 2.63. The smallest absolute Gasteiger partial charge is 0.310 e. The lowest BCUT2D eigenvalue weighted by Crippen LogP contribution is -2.38. The molecule has 1 saturated carbocycles. The summed E-state index contributed by atoms with van der Waals surface area (Å²) in [6.07, 6.45) is 4.93. The number of carbonyl (C=O) groups excluding carboxylic acids is 2. The van der Waals surface area contributed by atoms with Crippen molar-refractivity contribution >= 4 is 17.5 Å². The van der Waals surface area contributed by atoms with Gasteiger partial charge < -0.3 is 9.64 Å². The molecule has 1 aliphatic heterocycles. The van der Waals surface area contributed by atoms with Crippen molar-refractivity contribution in [2.45, 2.75) is 78.7 Å². The molecule has 1 aromatic carbocycles. The van der Waals surface area contributed by atoms with Crippen LogP contribution in [-0.4, -0.2) is 50.6 Å². The topological polar surface area (TPSA) is 76.8 Å². The zero-order valence-corrected chi connectivity index (χ0v) is 23.0. The Morgan fingerprint density at radius 3 is 2.63 bits per heavy atom. The Morgan fingerprint density at radius 2 is 1.92 bits per heavy atom. The van der Waals surface area contributed by atoms with Crippen LogP contribution in [0.25, 0.3) is 16.9 Å². The molecule has 2 aliphatic rings. The lowest BCUT2D eigenvalue weighted by molar-refractivity contribution is -0.145. The predicted molar refractivity (Wildman–Crippen MR) is 143 cm³/mol. The van der Waals surface area contributed by atoms with Gasteiger partial charge in [-0.25, -0.2) is 13.9 Å². The third-order valence-corrected chi connectivity index (χ3v) is 8.39. The summed E-state index contributed by atoms with van der Waals surface area (Å²) >= 11 is 0. The molecule has 2 fully saturated rings. The molecular weight excluding hydrogens is 483 g/mol. The molecule has 1 aliphatic carbocycles. The number of benzene rings is 1. The van der Waals surface area contributed by atoms with Crippen LogP contribution in [-0.2, 0) is 16.0 Å². The highest BCUT2D eigenvalue weighted by Crippen LogP contribution is 2.65. The maximum Gasteiger partial charge on any atom is 0.310 e. The number of hydrogen-bond acceptors (Lipinski definition) is 5. The molecule has 3 aromatic rings. The molecule has 2 unspecified atom stereocenters.